The van der Waals surface area contributed by atoms with Gasteiger partial charge in [0.1, 0.15) is 5.69 Å². The van der Waals surface area contributed by atoms with Crippen molar-refractivity contribution >= 4 is 5.91 Å². The average Bonchev–Trinajstić information content (AvgIpc) is 2.80. The number of rotatable bonds is 10. The van der Waals surface area contributed by atoms with E-state index in [2.05, 4.69) is 15.6 Å². The van der Waals surface area contributed by atoms with E-state index in [-0.39, 0.29) is 12.5 Å². The Morgan fingerprint density at radius 2 is 2.21 bits per heavy atom. The van der Waals surface area contributed by atoms with Gasteiger partial charge in [0, 0.05) is 13.5 Å². The Balaban J connectivity index is 1.96. The highest BCUT2D eigenvalue weighted by atomic mass is 16.5. The number of hydrogen-bond donors (Lipinski definition) is 2. The van der Waals surface area contributed by atoms with Crippen LogP contribution in [0.1, 0.15) is 12.6 Å². The maximum atomic E-state index is 10.6. The summed E-state index contributed by atoms with van der Waals surface area (Å²) in [6, 6.07) is 0. The van der Waals surface area contributed by atoms with Crippen molar-refractivity contribution in [3.63, 3.8) is 0 Å². The standard InChI is InChI=1S/C11H20N4O4/c1-10(17)12-2-5-18-6-7-19-9-11-8-15(3-4-16)14-13-11/h8,16H,2-7,9H2,1H3,(H,12,17). The lowest BCUT2D eigenvalue weighted by molar-refractivity contribution is -0.119. The summed E-state index contributed by atoms with van der Waals surface area (Å²) >= 11 is 0. The minimum absolute atomic E-state index is 0.0335. The Labute approximate surface area is 111 Å². The molecule has 0 radical (unpaired) electrons. The molecule has 0 aromatic carbocycles. The molecule has 0 saturated carbocycles. The maximum Gasteiger partial charge on any atom is 0.216 e. The third-order valence-electron chi connectivity index (χ3n) is 2.16. The van der Waals surface area contributed by atoms with E-state index in [9.17, 15) is 4.79 Å². The quantitative estimate of drug-likeness (QED) is 0.527. The molecule has 1 rings (SSSR count). The van der Waals surface area contributed by atoms with Gasteiger partial charge in [-0.25, -0.2) is 4.68 Å². The van der Waals surface area contributed by atoms with Crippen LogP contribution in [0.2, 0.25) is 0 Å². The number of aliphatic hydroxyl groups excluding tert-OH is 1. The summed E-state index contributed by atoms with van der Waals surface area (Å²) in [5.41, 5.74) is 0.715. The monoisotopic (exact) mass is 272 g/mol. The Kier molecular flexibility index (Phi) is 7.71. The Morgan fingerprint density at radius 1 is 1.42 bits per heavy atom. The number of hydrogen-bond acceptors (Lipinski definition) is 6. The molecule has 0 aliphatic carbocycles. The van der Waals surface area contributed by atoms with E-state index in [1.165, 1.54) is 6.92 Å². The lowest BCUT2D eigenvalue weighted by Gasteiger charge is -2.05. The van der Waals surface area contributed by atoms with Gasteiger partial charge in [-0.05, 0) is 0 Å². The Bertz CT molecular complexity index is 369. The van der Waals surface area contributed by atoms with Gasteiger partial charge < -0.3 is 19.9 Å². The first-order valence-electron chi connectivity index (χ1n) is 6.12. The molecule has 0 aliphatic heterocycles. The molecule has 108 valence electrons. The summed E-state index contributed by atoms with van der Waals surface area (Å²) < 4.78 is 12.2. The van der Waals surface area contributed by atoms with Crippen LogP contribution < -0.4 is 5.32 Å². The van der Waals surface area contributed by atoms with Crippen molar-refractivity contribution in [3.8, 4) is 0 Å². The highest BCUT2D eigenvalue weighted by Gasteiger charge is 2.00. The van der Waals surface area contributed by atoms with E-state index >= 15 is 0 Å². The molecule has 0 spiro atoms. The molecule has 1 heterocycles. The van der Waals surface area contributed by atoms with Crippen LogP contribution in [0.25, 0.3) is 0 Å². The van der Waals surface area contributed by atoms with Crippen LogP contribution in [0.4, 0.5) is 0 Å². The zero-order valence-electron chi connectivity index (χ0n) is 11.0. The van der Waals surface area contributed by atoms with Gasteiger partial charge in [0.25, 0.3) is 0 Å². The molecule has 0 unspecified atom stereocenters. The van der Waals surface area contributed by atoms with Crippen molar-refractivity contribution < 1.29 is 19.4 Å². The predicted molar refractivity (Wildman–Crippen MR) is 66.3 cm³/mol. The SMILES string of the molecule is CC(=O)NCCOCCOCc1cn(CCO)nn1. The number of ether oxygens (including phenoxy) is 2. The molecule has 1 aromatic rings. The van der Waals surface area contributed by atoms with Crippen molar-refractivity contribution in [2.75, 3.05) is 33.0 Å². The van der Waals surface area contributed by atoms with E-state index < -0.39 is 0 Å². The number of nitrogens with zero attached hydrogens (tertiary/aromatic N) is 3. The van der Waals surface area contributed by atoms with Crippen LogP contribution >= 0.6 is 0 Å². The summed E-state index contributed by atoms with van der Waals surface area (Å²) in [7, 11) is 0. The lowest BCUT2D eigenvalue weighted by Crippen LogP contribution is -2.24. The number of aromatic nitrogens is 3. The highest BCUT2D eigenvalue weighted by molar-refractivity contribution is 5.72. The van der Waals surface area contributed by atoms with E-state index in [4.69, 9.17) is 14.6 Å². The summed E-state index contributed by atoms with van der Waals surface area (Å²) in [5, 5.41) is 19.1. The molecule has 1 aromatic heterocycles. The van der Waals surface area contributed by atoms with E-state index in [0.717, 1.165) is 0 Å². The molecule has 0 atom stereocenters. The summed E-state index contributed by atoms with van der Waals surface area (Å²) in [5.74, 6) is -0.0641. The number of nitrogens with one attached hydrogen (secondary N) is 1. The fourth-order valence-electron chi connectivity index (χ4n) is 1.31. The molecule has 0 bridgehead atoms. The fraction of sp³-hybridized carbons (Fsp3) is 0.727. The van der Waals surface area contributed by atoms with Crippen molar-refractivity contribution in [1.82, 2.24) is 20.3 Å². The molecule has 1 amide bonds. The number of amides is 1. The van der Waals surface area contributed by atoms with Crippen LogP contribution in [-0.4, -0.2) is 59.0 Å². The first-order chi connectivity index (χ1) is 9.22. The van der Waals surface area contributed by atoms with Crippen molar-refractivity contribution in [1.29, 1.82) is 0 Å². The molecule has 0 aliphatic rings. The largest absolute Gasteiger partial charge is 0.394 e. The normalized spacial score (nSPS) is 10.6. The molecule has 8 heteroatoms. The highest BCUT2D eigenvalue weighted by Crippen LogP contribution is 1.95. The molecular formula is C11H20N4O4. The first kappa shape index (κ1) is 15.5. The number of carbonyl (C=O) groups is 1. The van der Waals surface area contributed by atoms with Gasteiger partial charge in [0.2, 0.25) is 5.91 Å². The smallest absolute Gasteiger partial charge is 0.216 e. The van der Waals surface area contributed by atoms with Gasteiger partial charge in [0.05, 0.1) is 45.8 Å². The number of aliphatic hydroxyl groups is 1. The minimum atomic E-state index is -0.0641. The van der Waals surface area contributed by atoms with Crippen LogP contribution in [0.15, 0.2) is 6.20 Å². The summed E-state index contributed by atoms with van der Waals surface area (Å²) in [6.07, 6.45) is 1.73. The average molecular weight is 272 g/mol. The summed E-state index contributed by atoms with van der Waals surface area (Å²) in [4.78, 5) is 10.6. The van der Waals surface area contributed by atoms with Gasteiger partial charge in [-0.15, -0.1) is 5.10 Å². The van der Waals surface area contributed by atoms with E-state index in [0.29, 0.717) is 45.2 Å². The van der Waals surface area contributed by atoms with Gasteiger partial charge in [-0.3, -0.25) is 4.79 Å². The van der Waals surface area contributed by atoms with E-state index in [1.807, 2.05) is 0 Å². The van der Waals surface area contributed by atoms with Gasteiger partial charge in [-0.1, -0.05) is 5.21 Å². The molecule has 0 saturated heterocycles. The van der Waals surface area contributed by atoms with Crippen LogP contribution in [0.3, 0.4) is 0 Å². The van der Waals surface area contributed by atoms with Crippen molar-refractivity contribution in [3.05, 3.63) is 11.9 Å². The van der Waals surface area contributed by atoms with Gasteiger partial charge in [-0.2, -0.15) is 0 Å². The third-order valence-corrected chi connectivity index (χ3v) is 2.16. The number of carbonyl (C=O) groups excluding carboxylic acids is 1. The molecular weight excluding hydrogens is 252 g/mol. The van der Waals surface area contributed by atoms with Crippen LogP contribution in [0.5, 0.6) is 0 Å². The maximum absolute atomic E-state index is 10.6. The second-order valence-corrected chi connectivity index (χ2v) is 3.84. The Hall–Kier alpha value is -1.51. The molecule has 2 N–H and O–H groups in total. The zero-order chi connectivity index (χ0) is 13.9. The van der Waals surface area contributed by atoms with Gasteiger partial charge >= 0.3 is 0 Å². The second kappa shape index (κ2) is 9.42. The van der Waals surface area contributed by atoms with Crippen molar-refractivity contribution in [2.24, 2.45) is 0 Å². The Morgan fingerprint density at radius 3 is 2.95 bits per heavy atom. The fourth-order valence-corrected chi connectivity index (χ4v) is 1.31. The van der Waals surface area contributed by atoms with Crippen LogP contribution in [0, 0.1) is 0 Å². The zero-order valence-corrected chi connectivity index (χ0v) is 11.0. The molecule has 0 fully saturated rings. The first-order valence-corrected chi connectivity index (χ1v) is 6.12. The third kappa shape index (κ3) is 7.50. The van der Waals surface area contributed by atoms with E-state index in [1.54, 1.807) is 10.9 Å². The predicted octanol–water partition coefficient (Wildman–Crippen LogP) is -1.06. The molecule has 19 heavy (non-hydrogen) atoms. The minimum Gasteiger partial charge on any atom is -0.394 e. The summed E-state index contributed by atoms with van der Waals surface area (Å²) in [6.45, 7) is 4.18. The van der Waals surface area contributed by atoms with Crippen LogP contribution in [-0.2, 0) is 27.4 Å². The van der Waals surface area contributed by atoms with Gasteiger partial charge in [0.15, 0.2) is 0 Å². The van der Waals surface area contributed by atoms with Crippen molar-refractivity contribution in [2.45, 2.75) is 20.1 Å². The topological polar surface area (TPSA) is 98.5 Å². The lowest BCUT2D eigenvalue weighted by atomic mass is 10.5. The molecule has 8 nitrogen and oxygen atoms in total. The second-order valence-electron chi connectivity index (χ2n) is 3.84.